The molecule has 23 heavy (non-hydrogen) atoms. The van der Waals surface area contributed by atoms with Crippen LogP contribution in [0.2, 0.25) is 0 Å². The number of carbonyl (C=O) groups excluding carboxylic acids is 1. The number of hydrogen-bond acceptors (Lipinski definition) is 5. The monoisotopic (exact) mass is 335 g/mol. The number of anilines is 1. The Labute approximate surface area is 134 Å². The summed E-state index contributed by atoms with van der Waals surface area (Å²) in [4.78, 5) is 11.4. The first-order valence-electron chi connectivity index (χ1n) is 7.33. The van der Waals surface area contributed by atoms with Gasteiger partial charge in [-0.15, -0.1) is 0 Å². The second-order valence-corrected chi connectivity index (χ2v) is 6.98. The van der Waals surface area contributed by atoms with Crippen molar-refractivity contribution in [3.63, 3.8) is 0 Å². The van der Waals surface area contributed by atoms with Gasteiger partial charge in [-0.3, -0.25) is 4.72 Å². The molecule has 0 fully saturated rings. The molecule has 1 N–H and O–H groups in total. The van der Waals surface area contributed by atoms with Gasteiger partial charge in [-0.2, -0.15) is 8.42 Å². The second kappa shape index (κ2) is 6.08. The van der Waals surface area contributed by atoms with Gasteiger partial charge in [0, 0.05) is 0 Å². The van der Waals surface area contributed by atoms with Gasteiger partial charge in [0.15, 0.2) is 0 Å². The lowest BCUT2D eigenvalue weighted by Crippen LogP contribution is -2.15. The molecule has 0 aliphatic heterocycles. The maximum absolute atomic E-state index is 12.5. The zero-order valence-corrected chi connectivity index (χ0v) is 13.5. The van der Waals surface area contributed by atoms with E-state index in [1.54, 1.807) is 6.07 Å². The molecule has 1 aliphatic rings. The fourth-order valence-corrected chi connectivity index (χ4v) is 3.77. The lowest BCUT2D eigenvalue weighted by molar-refractivity contribution is 0.0559. The van der Waals surface area contributed by atoms with Crippen LogP contribution in [0, 0.1) is 0 Å². The number of methoxy groups -OCH3 is 1. The van der Waals surface area contributed by atoms with E-state index in [2.05, 4.69) is 9.46 Å². The molecule has 1 aromatic carbocycles. The Balaban J connectivity index is 1.90. The molecule has 0 saturated carbocycles. The number of fused-ring (bicyclic) bond motifs is 1. The molecule has 2 aromatic rings. The predicted octanol–water partition coefficient (Wildman–Crippen LogP) is 2.75. The third kappa shape index (κ3) is 3.10. The summed E-state index contributed by atoms with van der Waals surface area (Å²) >= 11 is 0. The Kier molecular flexibility index (Phi) is 4.12. The molecule has 1 heterocycles. The number of nitrogens with one attached hydrogen (secondary N) is 1. The zero-order valence-electron chi connectivity index (χ0n) is 12.7. The van der Waals surface area contributed by atoms with Crippen molar-refractivity contribution in [3.05, 3.63) is 47.2 Å². The minimum absolute atomic E-state index is 0.150. The normalized spacial score (nSPS) is 14.1. The Morgan fingerprint density at radius 1 is 1.17 bits per heavy atom. The molecule has 1 aromatic heterocycles. The quantitative estimate of drug-likeness (QED) is 0.868. The zero-order chi connectivity index (χ0) is 16.4. The average Bonchev–Trinajstić information content (AvgIpc) is 3.05. The van der Waals surface area contributed by atoms with Gasteiger partial charge in [0.1, 0.15) is 0 Å². The van der Waals surface area contributed by atoms with Gasteiger partial charge in [-0.1, -0.05) is 12.1 Å². The highest BCUT2D eigenvalue weighted by Crippen LogP contribution is 2.29. The number of ether oxygens (including phenoxy) is 1. The SMILES string of the molecule is COC(=O)c1ccc(S(=O)(=O)Nc2cccc3c2CCCC3)o1. The number of hydrogen-bond donors (Lipinski definition) is 1. The van der Waals surface area contributed by atoms with Crippen molar-refractivity contribution in [3.8, 4) is 0 Å². The summed E-state index contributed by atoms with van der Waals surface area (Å²) in [5.74, 6) is -0.869. The van der Waals surface area contributed by atoms with E-state index >= 15 is 0 Å². The molecule has 0 spiro atoms. The molecule has 7 heteroatoms. The van der Waals surface area contributed by atoms with Gasteiger partial charge in [0.25, 0.3) is 10.0 Å². The molecule has 6 nitrogen and oxygen atoms in total. The number of aryl methyl sites for hydroxylation is 1. The van der Waals surface area contributed by atoms with Gasteiger partial charge < -0.3 is 9.15 Å². The number of carbonyl (C=O) groups is 1. The Morgan fingerprint density at radius 2 is 1.96 bits per heavy atom. The van der Waals surface area contributed by atoms with Crippen LogP contribution in [0.3, 0.4) is 0 Å². The largest absolute Gasteiger partial charge is 0.463 e. The molecule has 0 unspecified atom stereocenters. The van der Waals surface area contributed by atoms with Gasteiger partial charge in [-0.25, -0.2) is 4.79 Å². The smallest absolute Gasteiger partial charge is 0.374 e. The third-order valence-electron chi connectivity index (χ3n) is 3.87. The number of furan rings is 1. The van der Waals surface area contributed by atoms with Crippen molar-refractivity contribution in [1.29, 1.82) is 0 Å². The third-order valence-corrected chi connectivity index (χ3v) is 5.11. The van der Waals surface area contributed by atoms with Crippen molar-refractivity contribution < 1.29 is 22.4 Å². The number of sulfonamides is 1. The van der Waals surface area contributed by atoms with Crippen molar-refractivity contribution in [2.75, 3.05) is 11.8 Å². The fraction of sp³-hybridized carbons (Fsp3) is 0.312. The molecule has 3 rings (SSSR count). The van der Waals surface area contributed by atoms with Crippen LogP contribution in [-0.4, -0.2) is 21.5 Å². The van der Waals surface area contributed by atoms with E-state index in [1.807, 2.05) is 12.1 Å². The maximum Gasteiger partial charge on any atom is 0.374 e. The highest BCUT2D eigenvalue weighted by molar-refractivity contribution is 7.92. The van der Waals surface area contributed by atoms with E-state index in [1.165, 1.54) is 24.8 Å². The summed E-state index contributed by atoms with van der Waals surface area (Å²) in [5.41, 5.74) is 2.77. The van der Waals surface area contributed by atoms with Crippen molar-refractivity contribution in [2.24, 2.45) is 0 Å². The van der Waals surface area contributed by atoms with Crippen LogP contribution in [0.1, 0.15) is 34.5 Å². The molecular formula is C16H17NO5S. The summed E-state index contributed by atoms with van der Waals surface area (Å²) in [7, 11) is -2.69. The van der Waals surface area contributed by atoms with Crippen LogP contribution in [-0.2, 0) is 27.6 Å². The lowest BCUT2D eigenvalue weighted by Gasteiger charge is -2.19. The van der Waals surface area contributed by atoms with Crippen molar-refractivity contribution in [1.82, 2.24) is 0 Å². The van der Waals surface area contributed by atoms with Gasteiger partial charge in [0.05, 0.1) is 12.8 Å². The highest BCUT2D eigenvalue weighted by atomic mass is 32.2. The molecule has 122 valence electrons. The summed E-state index contributed by atoms with van der Waals surface area (Å²) in [6, 6.07) is 8.12. The van der Waals surface area contributed by atoms with Crippen LogP contribution in [0.5, 0.6) is 0 Å². The molecule has 0 bridgehead atoms. The molecule has 0 atom stereocenters. The van der Waals surface area contributed by atoms with Crippen LogP contribution >= 0.6 is 0 Å². The van der Waals surface area contributed by atoms with E-state index in [0.29, 0.717) is 5.69 Å². The van der Waals surface area contributed by atoms with Gasteiger partial charge in [-0.05, 0) is 55.0 Å². The topological polar surface area (TPSA) is 85.6 Å². The summed E-state index contributed by atoms with van der Waals surface area (Å²) in [5, 5.41) is -0.314. The molecule has 0 amide bonds. The van der Waals surface area contributed by atoms with Crippen LogP contribution in [0.15, 0.2) is 39.8 Å². The predicted molar refractivity (Wildman–Crippen MR) is 83.9 cm³/mol. The standard InChI is InChI=1S/C16H17NO5S/c1-21-16(18)14-9-10-15(22-14)23(19,20)17-13-8-4-6-11-5-2-3-7-12(11)13/h4,6,8-10,17H,2-3,5,7H2,1H3. The molecule has 0 saturated heterocycles. The first-order valence-corrected chi connectivity index (χ1v) is 8.81. The lowest BCUT2D eigenvalue weighted by atomic mass is 9.91. The Bertz CT molecular complexity index is 838. The Hall–Kier alpha value is -2.28. The van der Waals surface area contributed by atoms with E-state index < -0.39 is 16.0 Å². The summed E-state index contributed by atoms with van der Waals surface area (Å²) < 4.78 is 37.1. The number of rotatable bonds is 4. The van der Waals surface area contributed by atoms with E-state index in [-0.39, 0.29) is 10.9 Å². The van der Waals surface area contributed by atoms with Crippen molar-refractivity contribution >= 4 is 21.7 Å². The molecular weight excluding hydrogens is 318 g/mol. The van der Waals surface area contributed by atoms with Gasteiger partial charge >= 0.3 is 5.97 Å². The minimum Gasteiger partial charge on any atom is -0.463 e. The molecule has 1 aliphatic carbocycles. The van der Waals surface area contributed by atoms with Crippen molar-refractivity contribution in [2.45, 2.75) is 30.8 Å². The minimum atomic E-state index is -3.89. The van der Waals surface area contributed by atoms with Crippen LogP contribution in [0.25, 0.3) is 0 Å². The fourth-order valence-electron chi connectivity index (χ4n) is 2.75. The Morgan fingerprint density at radius 3 is 2.74 bits per heavy atom. The first-order chi connectivity index (χ1) is 11.0. The molecule has 0 radical (unpaired) electrons. The number of benzene rings is 1. The maximum atomic E-state index is 12.5. The van der Waals surface area contributed by atoms with Crippen LogP contribution in [0.4, 0.5) is 5.69 Å². The highest BCUT2D eigenvalue weighted by Gasteiger charge is 2.23. The summed E-state index contributed by atoms with van der Waals surface area (Å²) in [6.07, 6.45) is 3.96. The van der Waals surface area contributed by atoms with E-state index in [0.717, 1.165) is 31.2 Å². The first kappa shape index (κ1) is 15.6. The number of esters is 1. The van der Waals surface area contributed by atoms with E-state index in [4.69, 9.17) is 4.42 Å². The average molecular weight is 335 g/mol. The van der Waals surface area contributed by atoms with Gasteiger partial charge in [0.2, 0.25) is 10.9 Å². The summed E-state index contributed by atoms with van der Waals surface area (Å²) in [6.45, 7) is 0. The van der Waals surface area contributed by atoms with Crippen LogP contribution < -0.4 is 4.72 Å². The second-order valence-electron chi connectivity index (χ2n) is 5.37. The van der Waals surface area contributed by atoms with E-state index in [9.17, 15) is 13.2 Å².